The van der Waals surface area contributed by atoms with Crippen LogP contribution in [-0.2, 0) is 4.79 Å². The van der Waals surface area contributed by atoms with E-state index in [0.717, 1.165) is 6.42 Å². The standard InChI is InChI=1S/C12H20F2N2O/c1-8-4-10(15)7-16(6-8)11(17)9-2-3-12(13,14)5-9/h8-10H,2-7,15H2,1H3. The van der Waals surface area contributed by atoms with Crippen molar-refractivity contribution in [2.45, 2.75) is 44.6 Å². The number of nitrogens with zero attached hydrogens (tertiary/aromatic N) is 1. The number of hydrogen-bond donors (Lipinski definition) is 1. The Bertz CT molecular complexity index is 299. The van der Waals surface area contributed by atoms with Crippen LogP contribution in [0.1, 0.15) is 32.6 Å². The molecule has 0 aromatic heterocycles. The topological polar surface area (TPSA) is 46.3 Å². The highest BCUT2D eigenvalue weighted by Gasteiger charge is 2.44. The molecule has 17 heavy (non-hydrogen) atoms. The SMILES string of the molecule is CC1CC(N)CN(C(=O)C2CCC(F)(F)C2)C1. The summed E-state index contributed by atoms with van der Waals surface area (Å²) in [5, 5.41) is 0. The Morgan fingerprint density at radius 3 is 2.65 bits per heavy atom. The first-order chi connectivity index (χ1) is 7.87. The van der Waals surface area contributed by atoms with Crippen molar-refractivity contribution in [1.29, 1.82) is 0 Å². The lowest BCUT2D eigenvalue weighted by Crippen LogP contribution is -2.50. The average Bonchev–Trinajstić information content (AvgIpc) is 2.56. The maximum Gasteiger partial charge on any atom is 0.248 e. The van der Waals surface area contributed by atoms with Gasteiger partial charge in [0, 0.05) is 37.9 Å². The Morgan fingerprint density at radius 1 is 1.41 bits per heavy atom. The maximum absolute atomic E-state index is 13.1. The van der Waals surface area contributed by atoms with Crippen molar-refractivity contribution < 1.29 is 13.6 Å². The summed E-state index contributed by atoms with van der Waals surface area (Å²) in [5.41, 5.74) is 5.86. The Morgan fingerprint density at radius 2 is 2.12 bits per heavy atom. The highest BCUT2D eigenvalue weighted by atomic mass is 19.3. The van der Waals surface area contributed by atoms with Crippen LogP contribution in [-0.4, -0.2) is 35.9 Å². The Balaban J connectivity index is 1.96. The molecule has 98 valence electrons. The van der Waals surface area contributed by atoms with Gasteiger partial charge in [0.1, 0.15) is 0 Å². The van der Waals surface area contributed by atoms with Gasteiger partial charge in [-0.05, 0) is 18.8 Å². The number of carbonyl (C=O) groups is 1. The van der Waals surface area contributed by atoms with Gasteiger partial charge < -0.3 is 10.6 Å². The number of alkyl halides is 2. The molecule has 3 atom stereocenters. The van der Waals surface area contributed by atoms with Gasteiger partial charge >= 0.3 is 0 Å². The highest BCUT2D eigenvalue weighted by Crippen LogP contribution is 2.39. The van der Waals surface area contributed by atoms with Crippen LogP contribution in [0.4, 0.5) is 8.78 Å². The lowest BCUT2D eigenvalue weighted by Gasteiger charge is -2.36. The molecule has 0 radical (unpaired) electrons. The van der Waals surface area contributed by atoms with Crippen molar-refractivity contribution in [2.24, 2.45) is 17.6 Å². The van der Waals surface area contributed by atoms with E-state index in [1.54, 1.807) is 4.90 Å². The van der Waals surface area contributed by atoms with Crippen molar-refractivity contribution in [1.82, 2.24) is 4.90 Å². The van der Waals surface area contributed by atoms with E-state index < -0.39 is 11.8 Å². The molecule has 3 unspecified atom stereocenters. The van der Waals surface area contributed by atoms with Crippen molar-refractivity contribution in [2.75, 3.05) is 13.1 Å². The minimum Gasteiger partial charge on any atom is -0.341 e. The molecule has 0 spiro atoms. The van der Waals surface area contributed by atoms with Crippen LogP contribution in [0.3, 0.4) is 0 Å². The van der Waals surface area contributed by atoms with Crippen molar-refractivity contribution in [3.05, 3.63) is 0 Å². The molecule has 2 aliphatic rings. The van der Waals surface area contributed by atoms with Gasteiger partial charge in [0.25, 0.3) is 0 Å². The fraction of sp³-hybridized carbons (Fsp3) is 0.917. The Kier molecular flexibility index (Phi) is 3.39. The smallest absolute Gasteiger partial charge is 0.248 e. The van der Waals surface area contributed by atoms with Gasteiger partial charge in [-0.1, -0.05) is 6.92 Å². The second-order valence-corrected chi connectivity index (χ2v) is 5.64. The number of halogens is 2. The molecule has 1 saturated heterocycles. The molecule has 0 aromatic rings. The number of nitrogens with two attached hydrogens (primary N) is 1. The zero-order valence-electron chi connectivity index (χ0n) is 10.2. The predicted octanol–water partition coefficient (Wildman–Crippen LogP) is 1.62. The van der Waals surface area contributed by atoms with E-state index in [1.807, 2.05) is 6.92 Å². The van der Waals surface area contributed by atoms with E-state index in [1.165, 1.54) is 0 Å². The summed E-state index contributed by atoms with van der Waals surface area (Å²) in [4.78, 5) is 13.8. The van der Waals surface area contributed by atoms with Crippen LogP contribution in [0.25, 0.3) is 0 Å². The van der Waals surface area contributed by atoms with Crippen LogP contribution < -0.4 is 5.73 Å². The second-order valence-electron chi connectivity index (χ2n) is 5.64. The number of amides is 1. The van der Waals surface area contributed by atoms with E-state index in [4.69, 9.17) is 5.73 Å². The summed E-state index contributed by atoms with van der Waals surface area (Å²) < 4.78 is 26.2. The van der Waals surface area contributed by atoms with Gasteiger partial charge in [0.05, 0.1) is 0 Å². The maximum atomic E-state index is 13.1. The summed E-state index contributed by atoms with van der Waals surface area (Å²) in [6.07, 6.45) is 0.779. The molecule has 1 saturated carbocycles. The third-order valence-corrected chi connectivity index (χ3v) is 3.76. The van der Waals surface area contributed by atoms with Crippen molar-refractivity contribution >= 4 is 5.91 Å². The number of likely N-dealkylation sites (tertiary alicyclic amines) is 1. The van der Waals surface area contributed by atoms with Gasteiger partial charge in [0.15, 0.2) is 0 Å². The molecule has 2 fully saturated rings. The molecule has 0 bridgehead atoms. The summed E-state index contributed by atoms with van der Waals surface area (Å²) >= 11 is 0. The molecule has 5 heteroatoms. The monoisotopic (exact) mass is 246 g/mol. The van der Waals surface area contributed by atoms with Crippen LogP contribution >= 0.6 is 0 Å². The molecule has 1 amide bonds. The summed E-state index contributed by atoms with van der Waals surface area (Å²) in [7, 11) is 0. The minimum atomic E-state index is -2.65. The van der Waals surface area contributed by atoms with Crippen LogP contribution in [0.15, 0.2) is 0 Å². The van der Waals surface area contributed by atoms with Crippen LogP contribution in [0, 0.1) is 11.8 Å². The molecular formula is C12H20F2N2O. The fourth-order valence-corrected chi connectivity index (χ4v) is 3.00. The molecule has 1 aliphatic carbocycles. The molecule has 1 aliphatic heterocycles. The van der Waals surface area contributed by atoms with Crippen LogP contribution in [0.2, 0.25) is 0 Å². The molecule has 0 aromatic carbocycles. The van der Waals surface area contributed by atoms with Crippen molar-refractivity contribution in [3.63, 3.8) is 0 Å². The van der Waals surface area contributed by atoms with E-state index in [2.05, 4.69) is 0 Å². The second kappa shape index (κ2) is 4.52. The van der Waals surface area contributed by atoms with E-state index in [9.17, 15) is 13.6 Å². The highest BCUT2D eigenvalue weighted by molar-refractivity contribution is 5.79. The summed E-state index contributed by atoms with van der Waals surface area (Å²) in [6, 6.07) is -0.00962. The Hall–Kier alpha value is -0.710. The van der Waals surface area contributed by atoms with Gasteiger partial charge in [-0.25, -0.2) is 8.78 Å². The predicted molar refractivity (Wildman–Crippen MR) is 60.6 cm³/mol. The van der Waals surface area contributed by atoms with E-state index in [-0.39, 0.29) is 24.8 Å². The summed E-state index contributed by atoms with van der Waals surface area (Å²) in [6.45, 7) is 3.22. The minimum absolute atomic E-state index is 0.00962. The van der Waals surface area contributed by atoms with Gasteiger partial charge in [-0.2, -0.15) is 0 Å². The zero-order chi connectivity index (χ0) is 12.6. The third kappa shape index (κ3) is 2.94. The molecule has 2 N–H and O–H groups in total. The fourth-order valence-electron chi connectivity index (χ4n) is 3.00. The number of piperidine rings is 1. The largest absolute Gasteiger partial charge is 0.341 e. The third-order valence-electron chi connectivity index (χ3n) is 3.76. The van der Waals surface area contributed by atoms with Gasteiger partial charge in [0.2, 0.25) is 11.8 Å². The average molecular weight is 246 g/mol. The Labute approximate surface area is 100 Å². The lowest BCUT2D eigenvalue weighted by molar-refractivity contribution is -0.138. The van der Waals surface area contributed by atoms with E-state index >= 15 is 0 Å². The number of carbonyl (C=O) groups excluding carboxylic acids is 1. The number of rotatable bonds is 1. The summed E-state index contributed by atoms with van der Waals surface area (Å²) in [5.74, 6) is -2.90. The normalized spacial score (nSPS) is 37.2. The van der Waals surface area contributed by atoms with E-state index in [0.29, 0.717) is 25.4 Å². The van der Waals surface area contributed by atoms with Gasteiger partial charge in [-0.15, -0.1) is 0 Å². The first kappa shape index (κ1) is 12.7. The molecule has 2 rings (SSSR count). The van der Waals surface area contributed by atoms with Crippen molar-refractivity contribution in [3.8, 4) is 0 Å². The van der Waals surface area contributed by atoms with Gasteiger partial charge in [-0.3, -0.25) is 4.79 Å². The quantitative estimate of drug-likeness (QED) is 0.764. The van der Waals surface area contributed by atoms with Crippen LogP contribution in [0.5, 0.6) is 0 Å². The zero-order valence-corrected chi connectivity index (χ0v) is 10.2. The first-order valence-electron chi connectivity index (χ1n) is 6.29. The lowest BCUT2D eigenvalue weighted by atomic mass is 9.95. The molecule has 1 heterocycles. The first-order valence-corrected chi connectivity index (χ1v) is 6.29. The molecular weight excluding hydrogens is 226 g/mol. The number of hydrogen-bond acceptors (Lipinski definition) is 2. The molecule has 3 nitrogen and oxygen atoms in total.